The van der Waals surface area contributed by atoms with Crippen LogP contribution in [0.2, 0.25) is 0 Å². The van der Waals surface area contributed by atoms with E-state index < -0.39 is 0 Å². The van der Waals surface area contributed by atoms with Crippen LogP contribution in [0.1, 0.15) is 37.4 Å². The lowest BCUT2D eigenvalue weighted by molar-refractivity contribution is 0.102. The number of nitrogens with one attached hydrogen (secondary N) is 2. The first kappa shape index (κ1) is 19.8. The first-order valence-corrected chi connectivity index (χ1v) is 10.7. The SMILES string of the molecule is O=C(Nc1cccc(Nc2ccc3c(c2)CCc2ccccc2C3=O)c1)c1ccccc1. The van der Waals surface area contributed by atoms with Crippen molar-refractivity contribution in [1.82, 2.24) is 0 Å². The van der Waals surface area contributed by atoms with Gasteiger partial charge in [0.15, 0.2) is 5.78 Å². The van der Waals surface area contributed by atoms with Crippen LogP contribution in [0.4, 0.5) is 17.1 Å². The Morgan fingerprint density at radius 1 is 0.625 bits per heavy atom. The van der Waals surface area contributed by atoms with E-state index in [0.29, 0.717) is 11.3 Å². The minimum Gasteiger partial charge on any atom is -0.355 e. The molecular formula is C28H22N2O2. The van der Waals surface area contributed by atoms with Crippen LogP contribution in [0.25, 0.3) is 0 Å². The monoisotopic (exact) mass is 418 g/mol. The third-order valence-corrected chi connectivity index (χ3v) is 5.72. The number of fused-ring (bicyclic) bond motifs is 2. The van der Waals surface area contributed by atoms with Gasteiger partial charge in [0.25, 0.3) is 5.91 Å². The molecule has 2 N–H and O–H groups in total. The smallest absolute Gasteiger partial charge is 0.255 e. The molecule has 0 saturated heterocycles. The number of carbonyl (C=O) groups is 2. The van der Waals surface area contributed by atoms with Gasteiger partial charge in [-0.25, -0.2) is 0 Å². The van der Waals surface area contributed by atoms with Gasteiger partial charge in [-0.1, -0.05) is 48.5 Å². The highest BCUT2D eigenvalue weighted by Crippen LogP contribution is 2.28. The number of rotatable bonds is 4. The fourth-order valence-corrected chi connectivity index (χ4v) is 4.11. The van der Waals surface area contributed by atoms with E-state index in [1.54, 1.807) is 12.1 Å². The van der Waals surface area contributed by atoms with Gasteiger partial charge in [-0.2, -0.15) is 0 Å². The summed E-state index contributed by atoms with van der Waals surface area (Å²) in [6.07, 6.45) is 1.67. The lowest BCUT2D eigenvalue weighted by Gasteiger charge is -2.12. The van der Waals surface area contributed by atoms with Crippen molar-refractivity contribution < 1.29 is 9.59 Å². The summed E-state index contributed by atoms with van der Waals surface area (Å²) in [5.41, 5.74) is 6.81. The van der Waals surface area contributed by atoms with Crippen molar-refractivity contribution in [1.29, 1.82) is 0 Å². The number of hydrogen-bond donors (Lipinski definition) is 2. The second-order valence-electron chi connectivity index (χ2n) is 7.88. The molecule has 0 unspecified atom stereocenters. The number of hydrogen-bond acceptors (Lipinski definition) is 3. The fraction of sp³-hybridized carbons (Fsp3) is 0.0714. The molecule has 1 aliphatic carbocycles. The van der Waals surface area contributed by atoms with Gasteiger partial charge in [-0.05, 0) is 72.5 Å². The van der Waals surface area contributed by atoms with Crippen LogP contribution in [-0.4, -0.2) is 11.7 Å². The lowest BCUT2D eigenvalue weighted by Crippen LogP contribution is -2.11. The second kappa shape index (κ2) is 8.52. The molecule has 4 aromatic rings. The van der Waals surface area contributed by atoms with Crippen molar-refractivity contribution in [2.45, 2.75) is 12.8 Å². The Morgan fingerprint density at radius 2 is 1.31 bits per heavy atom. The van der Waals surface area contributed by atoms with Crippen molar-refractivity contribution in [3.05, 3.63) is 125 Å². The van der Waals surface area contributed by atoms with Crippen LogP contribution < -0.4 is 10.6 Å². The Balaban J connectivity index is 1.35. The predicted molar refractivity (Wildman–Crippen MR) is 128 cm³/mol. The van der Waals surface area contributed by atoms with E-state index in [4.69, 9.17) is 0 Å². The molecule has 0 fully saturated rings. The van der Waals surface area contributed by atoms with Gasteiger partial charge >= 0.3 is 0 Å². The fourth-order valence-electron chi connectivity index (χ4n) is 4.11. The molecule has 0 heterocycles. The Hall–Kier alpha value is -4.18. The topological polar surface area (TPSA) is 58.2 Å². The maximum Gasteiger partial charge on any atom is 0.255 e. The number of ketones is 1. The zero-order valence-corrected chi connectivity index (χ0v) is 17.5. The van der Waals surface area contributed by atoms with Crippen LogP contribution in [-0.2, 0) is 12.8 Å². The van der Waals surface area contributed by atoms with E-state index in [1.165, 1.54) is 0 Å². The third-order valence-electron chi connectivity index (χ3n) is 5.72. The Labute approximate surface area is 186 Å². The van der Waals surface area contributed by atoms with Crippen LogP contribution in [0.3, 0.4) is 0 Å². The van der Waals surface area contributed by atoms with E-state index in [2.05, 4.69) is 10.6 Å². The van der Waals surface area contributed by atoms with Gasteiger partial charge < -0.3 is 10.6 Å². The number of carbonyl (C=O) groups excluding carboxylic acids is 2. The maximum atomic E-state index is 13.0. The first-order valence-electron chi connectivity index (χ1n) is 10.7. The largest absolute Gasteiger partial charge is 0.355 e. The molecule has 0 aromatic heterocycles. The summed E-state index contributed by atoms with van der Waals surface area (Å²) in [6, 6.07) is 30.5. The molecule has 0 spiro atoms. The molecule has 1 aliphatic rings. The Morgan fingerprint density at radius 3 is 2.19 bits per heavy atom. The van der Waals surface area contributed by atoms with Gasteiger partial charge in [-0.15, -0.1) is 0 Å². The molecule has 4 heteroatoms. The van der Waals surface area contributed by atoms with E-state index in [0.717, 1.165) is 46.5 Å². The van der Waals surface area contributed by atoms with Crippen molar-refractivity contribution in [3.63, 3.8) is 0 Å². The second-order valence-corrected chi connectivity index (χ2v) is 7.88. The molecule has 32 heavy (non-hydrogen) atoms. The summed E-state index contributed by atoms with van der Waals surface area (Å²) >= 11 is 0. The normalized spacial score (nSPS) is 12.3. The van der Waals surface area contributed by atoms with Crippen molar-refractivity contribution in [2.24, 2.45) is 0 Å². The Kier molecular flexibility index (Phi) is 5.26. The number of amides is 1. The third kappa shape index (κ3) is 4.03. The summed E-state index contributed by atoms with van der Waals surface area (Å²) in [6.45, 7) is 0. The van der Waals surface area contributed by atoms with E-state index >= 15 is 0 Å². The van der Waals surface area contributed by atoms with Gasteiger partial charge in [-0.3, -0.25) is 9.59 Å². The molecular weight excluding hydrogens is 396 g/mol. The van der Waals surface area contributed by atoms with Gasteiger partial charge in [0.2, 0.25) is 0 Å². The van der Waals surface area contributed by atoms with E-state index in [9.17, 15) is 9.59 Å². The van der Waals surface area contributed by atoms with Crippen molar-refractivity contribution >= 4 is 28.8 Å². The molecule has 0 saturated carbocycles. The summed E-state index contributed by atoms with van der Waals surface area (Å²) in [5.74, 6) is -0.0591. The Bertz CT molecular complexity index is 1310. The van der Waals surface area contributed by atoms with Crippen molar-refractivity contribution in [3.8, 4) is 0 Å². The highest BCUT2D eigenvalue weighted by atomic mass is 16.1. The van der Waals surface area contributed by atoms with Crippen LogP contribution in [0.5, 0.6) is 0 Å². The van der Waals surface area contributed by atoms with Gasteiger partial charge in [0, 0.05) is 33.8 Å². The molecule has 5 rings (SSSR count). The average Bonchev–Trinajstić information content (AvgIpc) is 2.96. The molecule has 1 amide bonds. The first-order chi connectivity index (χ1) is 15.7. The minimum absolute atomic E-state index is 0.0882. The highest BCUT2D eigenvalue weighted by molar-refractivity contribution is 6.11. The van der Waals surface area contributed by atoms with Crippen molar-refractivity contribution in [2.75, 3.05) is 10.6 Å². The number of aryl methyl sites for hydroxylation is 2. The molecule has 4 aromatic carbocycles. The number of benzene rings is 4. The summed E-state index contributed by atoms with van der Waals surface area (Å²) in [7, 11) is 0. The van der Waals surface area contributed by atoms with E-state index in [-0.39, 0.29) is 11.7 Å². The summed E-state index contributed by atoms with van der Waals surface area (Å²) < 4.78 is 0. The predicted octanol–water partition coefficient (Wildman–Crippen LogP) is 6.01. The lowest BCUT2D eigenvalue weighted by atomic mass is 9.98. The van der Waals surface area contributed by atoms with Crippen LogP contribution in [0, 0.1) is 0 Å². The van der Waals surface area contributed by atoms with E-state index in [1.807, 2.05) is 84.9 Å². The number of anilines is 3. The molecule has 0 atom stereocenters. The van der Waals surface area contributed by atoms with Crippen LogP contribution >= 0.6 is 0 Å². The molecule has 156 valence electrons. The molecule has 0 radical (unpaired) electrons. The zero-order valence-electron chi connectivity index (χ0n) is 17.5. The standard InChI is InChI=1S/C28H22N2O2/c31-27-25-12-5-4-7-19(25)13-14-21-17-24(15-16-26(21)27)29-22-10-6-11-23(18-22)30-28(32)20-8-2-1-3-9-20/h1-12,15-18,29H,13-14H2,(H,30,32). The van der Waals surface area contributed by atoms with Gasteiger partial charge in [0.05, 0.1) is 0 Å². The zero-order chi connectivity index (χ0) is 21.9. The van der Waals surface area contributed by atoms with Crippen LogP contribution in [0.15, 0.2) is 97.1 Å². The minimum atomic E-state index is -0.147. The summed E-state index contributed by atoms with van der Waals surface area (Å²) in [4.78, 5) is 25.4. The molecule has 0 bridgehead atoms. The average molecular weight is 418 g/mol. The highest BCUT2D eigenvalue weighted by Gasteiger charge is 2.20. The molecule has 0 aliphatic heterocycles. The maximum absolute atomic E-state index is 13.0. The summed E-state index contributed by atoms with van der Waals surface area (Å²) in [5, 5.41) is 6.34. The quantitative estimate of drug-likeness (QED) is 0.427. The van der Waals surface area contributed by atoms with Gasteiger partial charge in [0.1, 0.15) is 0 Å². The molecule has 4 nitrogen and oxygen atoms in total.